The predicted molar refractivity (Wildman–Crippen MR) is 46.5 cm³/mol. The topological polar surface area (TPSA) is 55.1 Å². The van der Waals surface area contributed by atoms with E-state index in [1.165, 1.54) is 19.0 Å². The van der Waals surface area contributed by atoms with Crippen molar-refractivity contribution in [2.45, 2.75) is 25.3 Å². The second-order valence-corrected chi connectivity index (χ2v) is 3.27. The van der Waals surface area contributed by atoms with Gasteiger partial charge in [0.05, 0.1) is 17.8 Å². The Morgan fingerprint density at radius 2 is 2.54 bits per heavy atom. The molecule has 2 heterocycles. The lowest BCUT2D eigenvalue weighted by Crippen LogP contribution is -2.27. The minimum absolute atomic E-state index is 0.177. The second-order valence-electron chi connectivity index (χ2n) is 3.27. The molecule has 4 heteroatoms. The van der Waals surface area contributed by atoms with E-state index < -0.39 is 0 Å². The van der Waals surface area contributed by atoms with Gasteiger partial charge in [0.15, 0.2) is 12.0 Å². The van der Waals surface area contributed by atoms with Crippen molar-refractivity contribution >= 4 is 6.29 Å². The molecule has 1 aliphatic rings. The summed E-state index contributed by atoms with van der Waals surface area (Å²) in [6.45, 7) is 0.990. The molecule has 4 nitrogen and oxygen atoms in total. The van der Waals surface area contributed by atoms with E-state index in [1.807, 2.05) is 0 Å². The van der Waals surface area contributed by atoms with Gasteiger partial charge in [0.25, 0.3) is 0 Å². The molecule has 0 radical (unpaired) electrons. The number of hydrogen-bond donors (Lipinski definition) is 1. The van der Waals surface area contributed by atoms with E-state index in [-0.39, 0.29) is 6.04 Å². The van der Waals surface area contributed by atoms with E-state index in [9.17, 15) is 4.79 Å². The first kappa shape index (κ1) is 8.44. The van der Waals surface area contributed by atoms with E-state index in [1.54, 1.807) is 0 Å². The van der Waals surface area contributed by atoms with Crippen LogP contribution >= 0.6 is 0 Å². The molecule has 0 spiro atoms. The summed E-state index contributed by atoms with van der Waals surface area (Å²) in [7, 11) is 0. The van der Waals surface area contributed by atoms with Crippen molar-refractivity contribution < 1.29 is 9.32 Å². The number of carbonyl (C=O) groups excluding carboxylic acids is 1. The van der Waals surface area contributed by atoms with Gasteiger partial charge in [0.2, 0.25) is 0 Å². The highest BCUT2D eigenvalue weighted by atomic mass is 16.5. The van der Waals surface area contributed by atoms with Gasteiger partial charge in [0.1, 0.15) is 0 Å². The van der Waals surface area contributed by atoms with Crippen molar-refractivity contribution in [3.8, 4) is 0 Å². The van der Waals surface area contributed by atoms with Crippen molar-refractivity contribution in [2.75, 3.05) is 6.54 Å². The molecule has 70 valence electrons. The average molecular weight is 180 g/mol. The fourth-order valence-corrected chi connectivity index (χ4v) is 1.69. The Hall–Kier alpha value is -1.16. The van der Waals surface area contributed by atoms with Gasteiger partial charge < -0.3 is 9.84 Å². The van der Waals surface area contributed by atoms with Crippen molar-refractivity contribution in [3.05, 3.63) is 17.5 Å². The van der Waals surface area contributed by atoms with E-state index >= 15 is 0 Å². The number of aldehydes is 1. The monoisotopic (exact) mass is 180 g/mol. The fraction of sp³-hybridized carbons (Fsp3) is 0.556. The van der Waals surface area contributed by atoms with Gasteiger partial charge >= 0.3 is 0 Å². The molecule has 0 aliphatic carbocycles. The Morgan fingerprint density at radius 3 is 3.23 bits per heavy atom. The van der Waals surface area contributed by atoms with Crippen LogP contribution < -0.4 is 5.32 Å². The van der Waals surface area contributed by atoms with Gasteiger partial charge in [-0.25, -0.2) is 0 Å². The number of aromatic nitrogens is 1. The first-order valence-electron chi connectivity index (χ1n) is 4.55. The fourth-order valence-electron chi connectivity index (χ4n) is 1.69. The third kappa shape index (κ3) is 1.62. The van der Waals surface area contributed by atoms with Crippen LogP contribution in [0.25, 0.3) is 0 Å². The van der Waals surface area contributed by atoms with Crippen LogP contribution in [-0.4, -0.2) is 18.0 Å². The third-order valence-electron chi connectivity index (χ3n) is 2.38. The van der Waals surface area contributed by atoms with Crippen LogP contribution in [0.3, 0.4) is 0 Å². The van der Waals surface area contributed by atoms with Crippen molar-refractivity contribution in [3.63, 3.8) is 0 Å². The summed E-state index contributed by atoms with van der Waals surface area (Å²) in [5.74, 6) is 0.690. The van der Waals surface area contributed by atoms with Gasteiger partial charge in [0, 0.05) is 0 Å². The molecule has 1 atom stereocenters. The number of piperidine rings is 1. The molecule has 0 bridgehead atoms. The minimum atomic E-state index is 0.177. The lowest BCUT2D eigenvalue weighted by Gasteiger charge is -2.20. The zero-order valence-corrected chi connectivity index (χ0v) is 7.32. The number of carbonyl (C=O) groups is 1. The summed E-state index contributed by atoms with van der Waals surface area (Å²) >= 11 is 0. The van der Waals surface area contributed by atoms with Crippen molar-refractivity contribution in [2.24, 2.45) is 0 Å². The van der Waals surface area contributed by atoms with E-state index in [0.717, 1.165) is 19.3 Å². The smallest absolute Gasteiger partial charge is 0.164 e. The molecule has 1 N–H and O–H groups in total. The second kappa shape index (κ2) is 3.70. The highest BCUT2D eigenvalue weighted by molar-refractivity contribution is 5.75. The molecule has 1 saturated heterocycles. The molecule has 1 fully saturated rings. The molecule has 0 saturated carbocycles. The molecule has 2 rings (SSSR count). The summed E-state index contributed by atoms with van der Waals surface area (Å²) in [6.07, 6.45) is 5.66. The summed E-state index contributed by atoms with van der Waals surface area (Å²) in [5, 5.41) is 6.93. The zero-order valence-electron chi connectivity index (χ0n) is 7.32. The van der Waals surface area contributed by atoms with E-state index in [0.29, 0.717) is 11.3 Å². The standard InChI is InChI=1S/C9H12N2O2/c12-6-7-5-11-13-9(7)8-3-1-2-4-10-8/h5-6,8,10H,1-4H2. The zero-order chi connectivity index (χ0) is 9.10. The Labute approximate surface area is 76.3 Å². The van der Waals surface area contributed by atoms with Crippen LogP contribution in [0, 0.1) is 0 Å². The Kier molecular flexibility index (Phi) is 2.40. The number of nitrogens with one attached hydrogen (secondary N) is 1. The Balaban J connectivity index is 2.17. The van der Waals surface area contributed by atoms with Gasteiger partial charge in [-0.15, -0.1) is 0 Å². The van der Waals surface area contributed by atoms with Crippen molar-refractivity contribution in [1.29, 1.82) is 0 Å². The SMILES string of the molecule is O=Cc1cnoc1C1CCCCN1. The molecule has 1 unspecified atom stereocenters. The van der Waals surface area contributed by atoms with Crippen LogP contribution in [0.2, 0.25) is 0 Å². The highest BCUT2D eigenvalue weighted by Crippen LogP contribution is 2.24. The Bertz CT molecular complexity index is 290. The molecule has 1 aromatic heterocycles. The van der Waals surface area contributed by atoms with Gasteiger partial charge in [-0.05, 0) is 19.4 Å². The Morgan fingerprint density at radius 1 is 1.62 bits per heavy atom. The van der Waals surface area contributed by atoms with Crippen molar-refractivity contribution in [1.82, 2.24) is 10.5 Å². The molecule has 1 aromatic rings. The maximum absolute atomic E-state index is 10.6. The molecule has 0 amide bonds. The highest BCUT2D eigenvalue weighted by Gasteiger charge is 2.21. The molecular weight excluding hydrogens is 168 g/mol. The van der Waals surface area contributed by atoms with Crippen LogP contribution in [0.1, 0.15) is 41.4 Å². The summed E-state index contributed by atoms with van der Waals surface area (Å²) in [5.41, 5.74) is 0.569. The maximum atomic E-state index is 10.6. The number of hydrogen-bond acceptors (Lipinski definition) is 4. The average Bonchev–Trinajstić information content (AvgIpc) is 2.67. The van der Waals surface area contributed by atoms with E-state index in [2.05, 4.69) is 10.5 Å². The molecule has 1 aliphatic heterocycles. The quantitative estimate of drug-likeness (QED) is 0.697. The van der Waals surface area contributed by atoms with Crippen LogP contribution in [0.5, 0.6) is 0 Å². The van der Waals surface area contributed by atoms with E-state index in [4.69, 9.17) is 4.52 Å². The first-order chi connectivity index (χ1) is 6.42. The minimum Gasteiger partial charge on any atom is -0.359 e. The maximum Gasteiger partial charge on any atom is 0.164 e. The summed E-state index contributed by atoms with van der Waals surface area (Å²) in [4.78, 5) is 10.6. The van der Waals surface area contributed by atoms with Gasteiger partial charge in [-0.1, -0.05) is 11.6 Å². The summed E-state index contributed by atoms with van der Waals surface area (Å²) in [6, 6.07) is 0.177. The number of rotatable bonds is 2. The van der Waals surface area contributed by atoms with Gasteiger partial charge in [-0.3, -0.25) is 4.79 Å². The summed E-state index contributed by atoms with van der Waals surface area (Å²) < 4.78 is 5.05. The largest absolute Gasteiger partial charge is 0.359 e. The lowest BCUT2D eigenvalue weighted by molar-refractivity contribution is 0.112. The molecule has 0 aromatic carbocycles. The lowest BCUT2D eigenvalue weighted by atomic mass is 10.0. The predicted octanol–water partition coefficient (Wildman–Crippen LogP) is 1.30. The van der Waals surface area contributed by atoms with Crippen LogP contribution in [0.4, 0.5) is 0 Å². The third-order valence-corrected chi connectivity index (χ3v) is 2.38. The van der Waals surface area contributed by atoms with Gasteiger partial charge in [-0.2, -0.15) is 0 Å². The van der Waals surface area contributed by atoms with Crippen LogP contribution in [-0.2, 0) is 0 Å². The van der Waals surface area contributed by atoms with Crippen LogP contribution in [0.15, 0.2) is 10.7 Å². The molecular formula is C9H12N2O2. The first-order valence-corrected chi connectivity index (χ1v) is 4.55. The normalized spacial score (nSPS) is 22.9. The molecule has 13 heavy (non-hydrogen) atoms. The number of nitrogens with zero attached hydrogens (tertiary/aromatic N) is 1.